The van der Waals surface area contributed by atoms with Crippen LogP contribution in [0.25, 0.3) is 15.9 Å². The molecular weight excluding hydrogens is 186 g/mol. The highest BCUT2D eigenvalue weighted by molar-refractivity contribution is 6.29. The van der Waals surface area contributed by atoms with E-state index < -0.39 is 0 Å². The van der Waals surface area contributed by atoms with E-state index >= 15 is 0 Å². The maximum absolute atomic E-state index is 6.82. The molecule has 0 saturated heterocycles. The summed E-state index contributed by atoms with van der Waals surface area (Å²) in [7, 11) is 0. The number of hydrogen-bond donors (Lipinski definition) is 0. The molecule has 1 aromatic heterocycles. The number of fused-ring (bicyclic) bond motifs is 1. The summed E-state index contributed by atoms with van der Waals surface area (Å²) in [6.07, 6.45) is 1.49. The van der Waals surface area contributed by atoms with E-state index in [9.17, 15) is 0 Å². The summed E-state index contributed by atoms with van der Waals surface area (Å²) in [6, 6.07) is 5.13. The Morgan fingerprint density at radius 1 is 1.31 bits per heavy atom. The van der Waals surface area contributed by atoms with Gasteiger partial charge in [0.05, 0.1) is 23.8 Å². The number of nitrogens with zero attached hydrogens (tertiary/aromatic N) is 3. The predicted molar refractivity (Wildman–Crippen MR) is 50.8 cm³/mol. The van der Waals surface area contributed by atoms with E-state index in [1.54, 1.807) is 18.2 Å². The molecule has 0 aliphatic heterocycles. The van der Waals surface area contributed by atoms with Gasteiger partial charge in [0.25, 0.3) is 0 Å². The molecule has 0 spiro atoms. The van der Waals surface area contributed by atoms with Gasteiger partial charge in [0.15, 0.2) is 5.69 Å². The lowest BCUT2D eigenvalue weighted by Crippen LogP contribution is -1.82. The summed E-state index contributed by atoms with van der Waals surface area (Å²) >= 11 is 5.66. The van der Waals surface area contributed by atoms with Gasteiger partial charge in [-0.15, -0.1) is 0 Å². The Morgan fingerprint density at radius 2 is 2.15 bits per heavy atom. The average Bonchev–Trinajstić information content (AvgIpc) is 2.16. The Hall–Kier alpha value is -1.66. The summed E-state index contributed by atoms with van der Waals surface area (Å²) in [6.45, 7) is 6.82. The Bertz CT molecular complexity index is 502. The summed E-state index contributed by atoms with van der Waals surface area (Å²) in [5.74, 6) is 0. The Kier molecular flexibility index (Phi) is 1.84. The largest absolute Gasteiger partial charge is 0.252 e. The molecule has 3 nitrogen and oxygen atoms in total. The van der Waals surface area contributed by atoms with Gasteiger partial charge in [0.2, 0.25) is 0 Å². The molecule has 0 aliphatic carbocycles. The molecule has 62 valence electrons. The fourth-order valence-corrected chi connectivity index (χ4v) is 1.19. The number of benzene rings is 1. The fourth-order valence-electron chi connectivity index (χ4n) is 1.05. The summed E-state index contributed by atoms with van der Waals surface area (Å²) in [5.41, 5.74) is 1.95. The number of rotatable bonds is 0. The molecule has 2 aromatic rings. The van der Waals surface area contributed by atoms with E-state index in [4.69, 9.17) is 18.2 Å². The standard InChI is InChI=1S/C9H4ClN3/c1-11-6-2-3-7-8(4-6)13-9(10)5-12-7/h2-5H. The number of hydrogen-bond acceptors (Lipinski definition) is 2. The minimum Gasteiger partial charge on any atom is -0.252 e. The van der Waals surface area contributed by atoms with Gasteiger partial charge in [-0.3, -0.25) is 4.98 Å². The van der Waals surface area contributed by atoms with Gasteiger partial charge in [0.1, 0.15) is 5.15 Å². The molecule has 13 heavy (non-hydrogen) atoms. The van der Waals surface area contributed by atoms with Gasteiger partial charge >= 0.3 is 0 Å². The van der Waals surface area contributed by atoms with Gasteiger partial charge in [0, 0.05) is 0 Å². The fraction of sp³-hybridized carbons (Fsp3) is 0. The van der Waals surface area contributed by atoms with Crippen LogP contribution < -0.4 is 0 Å². The van der Waals surface area contributed by atoms with E-state index in [1.807, 2.05) is 0 Å². The lowest BCUT2D eigenvalue weighted by atomic mass is 10.3. The van der Waals surface area contributed by atoms with Gasteiger partial charge in [-0.05, 0) is 12.1 Å². The van der Waals surface area contributed by atoms with E-state index in [-0.39, 0.29) is 0 Å². The van der Waals surface area contributed by atoms with Crippen LogP contribution in [0.2, 0.25) is 5.15 Å². The summed E-state index contributed by atoms with van der Waals surface area (Å²) in [5, 5.41) is 0.342. The first-order chi connectivity index (χ1) is 6.29. The van der Waals surface area contributed by atoms with Crippen molar-refractivity contribution < 1.29 is 0 Å². The minimum absolute atomic E-state index is 0.342. The molecule has 2 rings (SSSR count). The zero-order valence-corrected chi connectivity index (χ0v) is 7.28. The molecule has 0 saturated carbocycles. The molecule has 4 heteroatoms. The zero-order chi connectivity index (χ0) is 9.26. The van der Waals surface area contributed by atoms with Crippen molar-refractivity contribution in [2.24, 2.45) is 0 Å². The molecule has 0 aliphatic rings. The van der Waals surface area contributed by atoms with Gasteiger partial charge in [-0.2, -0.15) is 0 Å². The second-order valence-electron chi connectivity index (χ2n) is 2.48. The van der Waals surface area contributed by atoms with E-state index in [2.05, 4.69) is 14.8 Å². The van der Waals surface area contributed by atoms with Gasteiger partial charge < -0.3 is 0 Å². The number of halogens is 1. The normalized spacial score (nSPS) is 9.85. The summed E-state index contributed by atoms with van der Waals surface area (Å²) < 4.78 is 0. The van der Waals surface area contributed by atoms with Crippen molar-refractivity contribution in [2.75, 3.05) is 0 Å². The van der Waals surface area contributed by atoms with Crippen LogP contribution in [0.3, 0.4) is 0 Å². The van der Waals surface area contributed by atoms with Crippen molar-refractivity contribution >= 4 is 28.3 Å². The van der Waals surface area contributed by atoms with Gasteiger partial charge in [-0.1, -0.05) is 17.7 Å². The van der Waals surface area contributed by atoms with Crippen molar-refractivity contribution in [3.8, 4) is 0 Å². The SMILES string of the molecule is [C-]#[N+]c1ccc2ncc(Cl)nc2c1. The van der Waals surface area contributed by atoms with Gasteiger partial charge in [-0.25, -0.2) is 9.83 Å². The highest BCUT2D eigenvalue weighted by Gasteiger charge is 1.98. The molecule has 1 aromatic carbocycles. The third kappa shape index (κ3) is 1.44. The maximum Gasteiger partial charge on any atom is 0.189 e. The Labute approximate surface area is 79.8 Å². The quantitative estimate of drug-likeness (QED) is 0.597. The molecule has 0 radical (unpaired) electrons. The Balaban J connectivity index is 2.77. The monoisotopic (exact) mass is 189 g/mol. The molecule has 1 heterocycles. The predicted octanol–water partition coefficient (Wildman–Crippen LogP) is 2.83. The lowest BCUT2D eigenvalue weighted by molar-refractivity contribution is 1.29. The topological polar surface area (TPSA) is 30.1 Å². The van der Waals surface area contributed by atoms with E-state index in [0.29, 0.717) is 16.4 Å². The van der Waals surface area contributed by atoms with Crippen LogP contribution >= 0.6 is 11.6 Å². The first kappa shape index (κ1) is 7.96. The van der Waals surface area contributed by atoms with Crippen LogP contribution in [-0.2, 0) is 0 Å². The third-order valence-corrected chi connectivity index (χ3v) is 1.81. The van der Waals surface area contributed by atoms with Crippen LogP contribution in [0.15, 0.2) is 24.4 Å². The molecule has 0 atom stereocenters. The summed E-state index contributed by atoms with van der Waals surface area (Å²) in [4.78, 5) is 11.4. The first-order valence-electron chi connectivity index (χ1n) is 3.59. The van der Waals surface area contributed by atoms with Crippen molar-refractivity contribution in [3.05, 3.63) is 41.0 Å². The van der Waals surface area contributed by atoms with Crippen LogP contribution in [0.5, 0.6) is 0 Å². The smallest absolute Gasteiger partial charge is 0.189 e. The van der Waals surface area contributed by atoms with Crippen molar-refractivity contribution in [2.45, 2.75) is 0 Å². The molecule has 0 unspecified atom stereocenters. The maximum atomic E-state index is 6.82. The molecule has 0 bridgehead atoms. The van der Waals surface area contributed by atoms with Crippen LogP contribution in [-0.4, -0.2) is 9.97 Å². The second kappa shape index (κ2) is 3.00. The van der Waals surface area contributed by atoms with Crippen molar-refractivity contribution in [1.82, 2.24) is 9.97 Å². The third-order valence-electron chi connectivity index (χ3n) is 1.63. The highest BCUT2D eigenvalue weighted by Crippen LogP contribution is 2.19. The number of aromatic nitrogens is 2. The van der Waals surface area contributed by atoms with Crippen LogP contribution in [0, 0.1) is 6.57 Å². The highest BCUT2D eigenvalue weighted by atomic mass is 35.5. The van der Waals surface area contributed by atoms with E-state index in [0.717, 1.165) is 5.52 Å². The second-order valence-corrected chi connectivity index (χ2v) is 2.86. The van der Waals surface area contributed by atoms with Crippen molar-refractivity contribution in [1.29, 1.82) is 0 Å². The van der Waals surface area contributed by atoms with Crippen LogP contribution in [0.4, 0.5) is 5.69 Å². The molecule has 0 fully saturated rings. The first-order valence-corrected chi connectivity index (χ1v) is 3.97. The molecule has 0 N–H and O–H groups in total. The minimum atomic E-state index is 0.342. The average molecular weight is 190 g/mol. The zero-order valence-electron chi connectivity index (χ0n) is 6.53. The molecule has 0 amide bonds. The molecular formula is C9H4ClN3. The van der Waals surface area contributed by atoms with Crippen molar-refractivity contribution in [3.63, 3.8) is 0 Å². The van der Waals surface area contributed by atoms with E-state index in [1.165, 1.54) is 6.20 Å². The lowest BCUT2D eigenvalue weighted by Gasteiger charge is -1.96. The van der Waals surface area contributed by atoms with Crippen LogP contribution in [0.1, 0.15) is 0 Å². The Morgan fingerprint density at radius 3 is 2.92 bits per heavy atom.